The molecular formula is C18H20Cl2N4O2S. The summed E-state index contributed by atoms with van der Waals surface area (Å²) in [6, 6.07) is 5.68. The summed E-state index contributed by atoms with van der Waals surface area (Å²) in [4.78, 5) is 22.4. The van der Waals surface area contributed by atoms with Gasteiger partial charge in [-0.3, -0.25) is 14.7 Å². The number of thioether (sulfide) groups is 1. The third-order valence-electron chi connectivity index (χ3n) is 4.03. The van der Waals surface area contributed by atoms with Crippen LogP contribution in [-0.2, 0) is 16.1 Å². The predicted molar refractivity (Wildman–Crippen MR) is 107 cm³/mol. The van der Waals surface area contributed by atoms with Crippen LogP contribution in [0.15, 0.2) is 41.8 Å². The normalized spacial score (nSPS) is 17.6. The minimum absolute atomic E-state index is 0.0352. The fourth-order valence-corrected chi connectivity index (χ4v) is 3.69. The fraction of sp³-hybridized carbons (Fsp3) is 0.389. The van der Waals surface area contributed by atoms with E-state index < -0.39 is 0 Å². The molecule has 1 aliphatic heterocycles. The SMILES string of the molecule is O=C(CSc1cnccn1)NCC1CN(Cc2ccc(Cl)c(Cl)c2)CCO1. The van der Waals surface area contributed by atoms with Crippen LogP contribution in [0.5, 0.6) is 0 Å². The number of aromatic nitrogens is 2. The molecule has 27 heavy (non-hydrogen) atoms. The summed E-state index contributed by atoms with van der Waals surface area (Å²) in [5.41, 5.74) is 1.11. The standard InChI is InChI=1S/C18H20Cl2N4O2S/c19-15-2-1-13(7-16(15)20)10-24-5-6-26-14(11-24)8-23-17(25)12-27-18-9-21-3-4-22-18/h1-4,7,9,14H,5-6,8,10-12H2,(H,23,25). The molecule has 1 aromatic heterocycles. The molecule has 1 atom stereocenters. The minimum Gasteiger partial charge on any atom is -0.374 e. The number of morpholine rings is 1. The number of rotatable bonds is 7. The molecule has 2 aromatic rings. The number of nitrogens with one attached hydrogen (secondary N) is 1. The van der Waals surface area contributed by atoms with Crippen LogP contribution in [0.1, 0.15) is 5.56 Å². The van der Waals surface area contributed by atoms with Crippen LogP contribution in [0.4, 0.5) is 0 Å². The highest BCUT2D eigenvalue weighted by Crippen LogP contribution is 2.23. The largest absolute Gasteiger partial charge is 0.374 e. The second-order valence-electron chi connectivity index (χ2n) is 6.11. The Morgan fingerprint density at radius 1 is 1.33 bits per heavy atom. The third kappa shape index (κ3) is 6.62. The first-order valence-electron chi connectivity index (χ1n) is 8.53. The Balaban J connectivity index is 1.41. The molecule has 0 aliphatic carbocycles. The summed E-state index contributed by atoms with van der Waals surface area (Å²) < 4.78 is 5.77. The van der Waals surface area contributed by atoms with Crippen LogP contribution in [0.2, 0.25) is 10.0 Å². The minimum atomic E-state index is -0.0455. The van der Waals surface area contributed by atoms with Gasteiger partial charge in [0, 0.05) is 38.6 Å². The highest BCUT2D eigenvalue weighted by atomic mass is 35.5. The average molecular weight is 427 g/mol. The molecule has 1 N–H and O–H groups in total. The molecule has 1 fully saturated rings. The summed E-state index contributed by atoms with van der Waals surface area (Å²) >= 11 is 13.4. The molecule has 0 spiro atoms. The lowest BCUT2D eigenvalue weighted by molar-refractivity contribution is -0.119. The highest BCUT2D eigenvalue weighted by molar-refractivity contribution is 7.99. The van der Waals surface area contributed by atoms with E-state index in [2.05, 4.69) is 20.2 Å². The summed E-state index contributed by atoms with van der Waals surface area (Å²) in [5, 5.41) is 4.78. The van der Waals surface area contributed by atoms with Crippen molar-refractivity contribution in [3.8, 4) is 0 Å². The second kappa shape index (κ2) is 10.2. The lowest BCUT2D eigenvalue weighted by atomic mass is 10.2. The Labute approximate surface area is 172 Å². The van der Waals surface area contributed by atoms with Crippen LogP contribution in [-0.4, -0.2) is 58.9 Å². The van der Waals surface area contributed by atoms with Crippen LogP contribution in [0.25, 0.3) is 0 Å². The van der Waals surface area contributed by atoms with E-state index in [1.54, 1.807) is 18.6 Å². The molecule has 0 saturated carbocycles. The van der Waals surface area contributed by atoms with Crippen LogP contribution in [0.3, 0.4) is 0 Å². The topological polar surface area (TPSA) is 67.4 Å². The van der Waals surface area contributed by atoms with Crippen molar-refractivity contribution in [1.29, 1.82) is 0 Å². The highest BCUT2D eigenvalue weighted by Gasteiger charge is 2.21. The molecule has 1 aliphatic rings. The van der Waals surface area contributed by atoms with Crippen LogP contribution >= 0.6 is 35.0 Å². The number of amides is 1. The number of ether oxygens (including phenoxy) is 1. The number of hydrogen-bond acceptors (Lipinski definition) is 6. The molecule has 9 heteroatoms. The molecular weight excluding hydrogens is 407 g/mol. The van der Waals surface area contributed by atoms with Gasteiger partial charge in [-0.2, -0.15) is 0 Å². The first-order valence-corrected chi connectivity index (χ1v) is 10.3. The number of benzene rings is 1. The maximum Gasteiger partial charge on any atom is 0.230 e. The second-order valence-corrected chi connectivity index (χ2v) is 7.92. The van der Waals surface area contributed by atoms with Crippen molar-refractivity contribution >= 4 is 40.9 Å². The average Bonchev–Trinajstić information content (AvgIpc) is 2.69. The Morgan fingerprint density at radius 3 is 3.00 bits per heavy atom. The Morgan fingerprint density at radius 2 is 2.22 bits per heavy atom. The first-order chi connectivity index (χ1) is 13.1. The molecule has 0 bridgehead atoms. The van der Waals surface area contributed by atoms with Crippen molar-refractivity contribution in [3.05, 3.63) is 52.4 Å². The Hall–Kier alpha value is -1.38. The van der Waals surface area contributed by atoms with Crippen molar-refractivity contribution < 1.29 is 9.53 Å². The molecule has 0 radical (unpaired) electrons. The quantitative estimate of drug-likeness (QED) is 0.686. The molecule has 6 nitrogen and oxygen atoms in total. The number of carbonyl (C=O) groups excluding carboxylic acids is 1. The van der Waals surface area contributed by atoms with Crippen molar-refractivity contribution in [2.24, 2.45) is 0 Å². The lowest BCUT2D eigenvalue weighted by Crippen LogP contribution is -2.47. The van der Waals surface area contributed by atoms with E-state index in [1.165, 1.54) is 11.8 Å². The van der Waals surface area contributed by atoms with Gasteiger partial charge in [-0.05, 0) is 17.7 Å². The van der Waals surface area contributed by atoms with Gasteiger partial charge < -0.3 is 10.1 Å². The summed E-state index contributed by atoms with van der Waals surface area (Å²) in [6.07, 6.45) is 4.82. The van der Waals surface area contributed by atoms with Crippen molar-refractivity contribution in [3.63, 3.8) is 0 Å². The van der Waals surface area contributed by atoms with E-state index in [9.17, 15) is 4.79 Å². The van der Waals surface area contributed by atoms with E-state index in [0.29, 0.717) is 28.9 Å². The molecule has 1 amide bonds. The molecule has 1 unspecified atom stereocenters. The van der Waals surface area contributed by atoms with Gasteiger partial charge in [0.1, 0.15) is 5.03 Å². The number of hydrogen-bond donors (Lipinski definition) is 1. The fourth-order valence-electron chi connectivity index (χ4n) is 2.72. The van der Waals surface area contributed by atoms with E-state index in [-0.39, 0.29) is 12.0 Å². The van der Waals surface area contributed by atoms with Crippen molar-refractivity contribution in [2.75, 3.05) is 32.0 Å². The zero-order valence-corrected chi connectivity index (χ0v) is 16.9. The third-order valence-corrected chi connectivity index (χ3v) is 5.68. The Kier molecular flexibility index (Phi) is 7.72. The summed E-state index contributed by atoms with van der Waals surface area (Å²) in [6.45, 7) is 3.48. The van der Waals surface area contributed by atoms with E-state index in [4.69, 9.17) is 27.9 Å². The number of carbonyl (C=O) groups is 1. The van der Waals surface area contributed by atoms with E-state index >= 15 is 0 Å². The number of nitrogens with zero attached hydrogens (tertiary/aromatic N) is 3. The molecule has 2 heterocycles. The van der Waals surface area contributed by atoms with Gasteiger partial charge in [-0.25, -0.2) is 4.98 Å². The molecule has 144 valence electrons. The molecule has 1 saturated heterocycles. The monoisotopic (exact) mass is 426 g/mol. The van der Waals surface area contributed by atoms with Crippen molar-refractivity contribution in [2.45, 2.75) is 17.7 Å². The van der Waals surface area contributed by atoms with Gasteiger partial charge >= 0.3 is 0 Å². The zero-order valence-electron chi connectivity index (χ0n) is 14.6. The summed E-state index contributed by atoms with van der Waals surface area (Å²) in [7, 11) is 0. The molecule has 3 rings (SSSR count). The predicted octanol–water partition coefficient (Wildman–Crippen LogP) is 2.89. The van der Waals surface area contributed by atoms with Gasteiger partial charge in [0.05, 0.1) is 34.7 Å². The van der Waals surface area contributed by atoms with Crippen molar-refractivity contribution in [1.82, 2.24) is 20.2 Å². The zero-order chi connectivity index (χ0) is 19.1. The van der Waals surface area contributed by atoms with Gasteiger partial charge in [-0.1, -0.05) is 41.0 Å². The summed E-state index contributed by atoms with van der Waals surface area (Å²) in [5.74, 6) is 0.258. The lowest BCUT2D eigenvalue weighted by Gasteiger charge is -2.33. The maximum absolute atomic E-state index is 12.0. The first kappa shape index (κ1) is 20.4. The van der Waals surface area contributed by atoms with Gasteiger partial charge in [0.15, 0.2) is 0 Å². The maximum atomic E-state index is 12.0. The molecule has 1 aromatic carbocycles. The van der Waals surface area contributed by atoms with E-state index in [1.807, 2.05) is 18.2 Å². The van der Waals surface area contributed by atoms with Crippen LogP contribution in [0, 0.1) is 0 Å². The number of halogens is 2. The Bertz CT molecular complexity index is 766. The van der Waals surface area contributed by atoms with Gasteiger partial charge in [0.25, 0.3) is 0 Å². The van der Waals surface area contributed by atoms with Gasteiger partial charge in [0.2, 0.25) is 5.91 Å². The van der Waals surface area contributed by atoms with E-state index in [0.717, 1.165) is 30.2 Å². The smallest absolute Gasteiger partial charge is 0.230 e. The van der Waals surface area contributed by atoms with Gasteiger partial charge in [-0.15, -0.1) is 0 Å². The van der Waals surface area contributed by atoms with Crippen LogP contribution < -0.4 is 5.32 Å².